The van der Waals surface area contributed by atoms with Gasteiger partial charge in [-0.3, -0.25) is 0 Å². The summed E-state index contributed by atoms with van der Waals surface area (Å²) in [6.45, 7) is 6.13. The second-order valence-electron chi connectivity index (χ2n) is 6.30. The third kappa shape index (κ3) is 4.22. The van der Waals surface area contributed by atoms with E-state index in [4.69, 9.17) is 0 Å². The molecule has 6 heteroatoms. The predicted octanol–water partition coefficient (Wildman–Crippen LogP) is 2.18. The summed E-state index contributed by atoms with van der Waals surface area (Å²) in [7, 11) is -2.99. The highest BCUT2D eigenvalue weighted by Gasteiger charge is 2.29. The molecule has 122 valence electrons. The van der Waals surface area contributed by atoms with Crippen molar-refractivity contribution in [2.45, 2.75) is 39.3 Å². The molecule has 2 N–H and O–H groups in total. The lowest BCUT2D eigenvalue weighted by atomic mass is 9.93. The van der Waals surface area contributed by atoms with E-state index in [0.717, 1.165) is 11.1 Å². The minimum Gasteiger partial charge on any atom is -0.334 e. The number of aryl methyl sites for hydroxylation is 1. The minimum absolute atomic E-state index is 0.0388. The number of carbonyl (C=O) groups is 1. The van der Waals surface area contributed by atoms with Crippen LogP contribution in [0.4, 0.5) is 4.79 Å². The molecule has 0 aromatic heterocycles. The van der Waals surface area contributed by atoms with E-state index in [-0.39, 0.29) is 35.5 Å². The summed E-state index contributed by atoms with van der Waals surface area (Å²) in [5.74, 6) is 0.430. The topological polar surface area (TPSA) is 75.3 Å². The van der Waals surface area contributed by atoms with E-state index in [2.05, 4.69) is 24.5 Å². The van der Waals surface area contributed by atoms with Crippen molar-refractivity contribution in [3.8, 4) is 0 Å². The molecule has 1 aliphatic heterocycles. The Bertz CT molecular complexity index is 641. The number of rotatable bonds is 4. The largest absolute Gasteiger partial charge is 0.334 e. The molecule has 0 saturated carbocycles. The third-order valence-electron chi connectivity index (χ3n) is 4.04. The predicted molar refractivity (Wildman–Crippen MR) is 87.5 cm³/mol. The standard InChI is InChI=1S/C16H24N2O3S/c1-11(2)15(14-7-5-4-6-12(14)3)18-16(19)17-13-8-9-22(20,21)10-13/h4-7,11,13,15H,8-10H2,1-3H3,(H2,17,18,19)/t13-,15+/m1/s1. The number of sulfone groups is 1. The van der Waals surface area contributed by atoms with Crippen molar-refractivity contribution >= 4 is 15.9 Å². The number of urea groups is 1. The maximum atomic E-state index is 12.2. The van der Waals surface area contributed by atoms with Crippen LogP contribution in [-0.2, 0) is 9.84 Å². The van der Waals surface area contributed by atoms with Crippen LogP contribution in [0.15, 0.2) is 24.3 Å². The van der Waals surface area contributed by atoms with Gasteiger partial charge in [-0.2, -0.15) is 0 Å². The van der Waals surface area contributed by atoms with Gasteiger partial charge in [-0.15, -0.1) is 0 Å². The molecular formula is C16H24N2O3S. The van der Waals surface area contributed by atoms with Gasteiger partial charge >= 0.3 is 6.03 Å². The van der Waals surface area contributed by atoms with Crippen LogP contribution in [0, 0.1) is 12.8 Å². The first-order valence-corrected chi connectivity index (χ1v) is 9.43. The molecule has 0 bridgehead atoms. The van der Waals surface area contributed by atoms with Crippen molar-refractivity contribution in [3.05, 3.63) is 35.4 Å². The number of carbonyl (C=O) groups excluding carboxylic acids is 1. The first kappa shape index (κ1) is 16.8. The molecule has 2 rings (SSSR count). The lowest BCUT2D eigenvalue weighted by Crippen LogP contribution is -2.45. The smallest absolute Gasteiger partial charge is 0.315 e. The molecule has 1 heterocycles. The number of hydrogen-bond donors (Lipinski definition) is 2. The van der Waals surface area contributed by atoms with Gasteiger partial charge in [0.25, 0.3) is 0 Å². The van der Waals surface area contributed by atoms with Crippen LogP contribution in [0.1, 0.15) is 37.4 Å². The van der Waals surface area contributed by atoms with Gasteiger partial charge in [0.1, 0.15) is 0 Å². The number of hydrogen-bond acceptors (Lipinski definition) is 3. The lowest BCUT2D eigenvalue weighted by Gasteiger charge is -2.25. The zero-order valence-electron chi connectivity index (χ0n) is 13.3. The SMILES string of the molecule is Cc1ccccc1[C@@H](NC(=O)N[C@@H]1CCS(=O)(=O)C1)C(C)C. The van der Waals surface area contributed by atoms with Crippen LogP contribution in [-0.4, -0.2) is 32.0 Å². The Hall–Kier alpha value is -1.56. The molecule has 1 aromatic carbocycles. The summed E-state index contributed by atoms with van der Waals surface area (Å²) in [5.41, 5.74) is 2.22. The summed E-state index contributed by atoms with van der Waals surface area (Å²) in [5, 5.41) is 5.76. The second-order valence-corrected chi connectivity index (χ2v) is 8.52. The van der Waals surface area contributed by atoms with Crippen LogP contribution in [0.25, 0.3) is 0 Å². The van der Waals surface area contributed by atoms with Crippen molar-refractivity contribution in [2.75, 3.05) is 11.5 Å². The van der Waals surface area contributed by atoms with Gasteiger partial charge in [0, 0.05) is 6.04 Å². The van der Waals surface area contributed by atoms with Gasteiger partial charge in [0.05, 0.1) is 17.5 Å². The maximum Gasteiger partial charge on any atom is 0.315 e. The van der Waals surface area contributed by atoms with Crippen molar-refractivity contribution in [1.82, 2.24) is 10.6 Å². The highest BCUT2D eigenvalue weighted by atomic mass is 32.2. The number of amides is 2. The fourth-order valence-electron chi connectivity index (χ4n) is 2.82. The first-order valence-electron chi connectivity index (χ1n) is 7.61. The second kappa shape index (κ2) is 6.69. The van der Waals surface area contributed by atoms with E-state index in [9.17, 15) is 13.2 Å². The van der Waals surface area contributed by atoms with E-state index in [1.807, 2.05) is 31.2 Å². The number of nitrogens with one attached hydrogen (secondary N) is 2. The Morgan fingerprint density at radius 1 is 1.27 bits per heavy atom. The highest BCUT2D eigenvalue weighted by Crippen LogP contribution is 2.24. The summed E-state index contributed by atoms with van der Waals surface area (Å²) < 4.78 is 22.9. The van der Waals surface area contributed by atoms with E-state index in [1.165, 1.54) is 0 Å². The van der Waals surface area contributed by atoms with E-state index < -0.39 is 9.84 Å². The molecule has 0 spiro atoms. The van der Waals surface area contributed by atoms with Gasteiger partial charge in [-0.1, -0.05) is 38.1 Å². The molecule has 2 amide bonds. The van der Waals surface area contributed by atoms with E-state index in [0.29, 0.717) is 6.42 Å². The van der Waals surface area contributed by atoms with Gasteiger partial charge in [0.15, 0.2) is 9.84 Å². The van der Waals surface area contributed by atoms with Gasteiger partial charge in [0.2, 0.25) is 0 Å². The Morgan fingerprint density at radius 3 is 2.50 bits per heavy atom. The molecule has 0 radical (unpaired) electrons. The van der Waals surface area contributed by atoms with Gasteiger partial charge < -0.3 is 10.6 Å². The summed E-state index contributed by atoms with van der Waals surface area (Å²) in [6, 6.07) is 7.28. The first-order chi connectivity index (χ1) is 10.3. The summed E-state index contributed by atoms with van der Waals surface area (Å²) in [4.78, 5) is 12.2. The summed E-state index contributed by atoms with van der Waals surface area (Å²) in [6.07, 6.45) is 0.493. The van der Waals surface area contributed by atoms with Crippen molar-refractivity contribution < 1.29 is 13.2 Å². The van der Waals surface area contributed by atoms with Crippen LogP contribution < -0.4 is 10.6 Å². The molecule has 0 unspecified atom stereocenters. The number of benzene rings is 1. The summed E-state index contributed by atoms with van der Waals surface area (Å²) >= 11 is 0. The normalized spacial score (nSPS) is 21.5. The third-order valence-corrected chi connectivity index (χ3v) is 5.81. The Kier molecular flexibility index (Phi) is 5.11. The Morgan fingerprint density at radius 2 is 1.95 bits per heavy atom. The molecule has 2 atom stereocenters. The molecule has 1 fully saturated rings. The van der Waals surface area contributed by atoms with Crippen LogP contribution in [0.3, 0.4) is 0 Å². The molecule has 0 aliphatic carbocycles. The zero-order valence-corrected chi connectivity index (χ0v) is 14.1. The Balaban J connectivity index is 2.03. The quantitative estimate of drug-likeness (QED) is 0.891. The zero-order chi connectivity index (χ0) is 16.3. The van der Waals surface area contributed by atoms with Crippen molar-refractivity contribution in [1.29, 1.82) is 0 Å². The van der Waals surface area contributed by atoms with Gasteiger partial charge in [-0.25, -0.2) is 13.2 Å². The van der Waals surface area contributed by atoms with E-state index >= 15 is 0 Å². The average Bonchev–Trinajstić information content (AvgIpc) is 2.76. The van der Waals surface area contributed by atoms with Crippen LogP contribution >= 0.6 is 0 Å². The maximum absolute atomic E-state index is 12.2. The monoisotopic (exact) mass is 324 g/mol. The highest BCUT2D eigenvalue weighted by molar-refractivity contribution is 7.91. The van der Waals surface area contributed by atoms with Crippen molar-refractivity contribution in [2.24, 2.45) is 5.92 Å². The fraction of sp³-hybridized carbons (Fsp3) is 0.562. The van der Waals surface area contributed by atoms with Gasteiger partial charge in [-0.05, 0) is 30.4 Å². The lowest BCUT2D eigenvalue weighted by molar-refractivity contribution is 0.230. The fourth-order valence-corrected chi connectivity index (χ4v) is 4.49. The van der Waals surface area contributed by atoms with Crippen LogP contribution in [0.5, 0.6) is 0 Å². The van der Waals surface area contributed by atoms with E-state index in [1.54, 1.807) is 0 Å². The molecule has 1 aromatic rings. The van der Waals surface area contributed by atoms with Crippen LogP contribution in [0.2, 0.25) is 0 Å². The molecule has 22 heavy (non-hydrogen) atoms. The molecule has 1 aliphatic rings. The molecule has 1 saturated heterocycles. The molecule has 5 nitrogen and oxygen atoms in total. The van der Waals surface area contributed by atoms with Crippen molar-refractivity contribution in [3.63, 3.8) is 0 Å². The Labute approximate surface area is 132 Å². The molecular weight excluding hydrogens is 300 g/mol. The average molecular weight is 324 g/mol. The minimum atomic E-state index is -2.99.